The maximum Gasteiger partial charge on any atom is 0.328 e. The topological polar surface area (TPSA) is 106 Å². The first-order valence-corrected chi connectivity index (χ1v) is 13.2. The lowest BCUT2D eigenvalue weighted by molar-refractivity contribution is -0.144. The molecular formula is C31H34N4O4. The molecule has 0 fully saturated rings. The van der Waals surface area contributed by atoms with Crippen molar-refractivity contribution in [1.29, 1.82) is 0 Å². The zero-order chi connectivity index (χ0) is 27.6. The van der Waals surface area contributed by atoms with Gasteiger partial charge in [0.2, 0.25) is 11.8 Å². The summed E-state index contributed by atoms with van der Waals surface area (Å²) in [5.74, 6) is 0.744. The van der Waals surface area contributed by atoms with Gasteiger partial charge < -0.3 is 19.8 Å². The van der Waals surface area contributed by atoms with Gasteiger partial charge in [-0.05, 0) is 86.7 Å². The van der Waals surface area contributed by atoms with Crippen LogP contribution in [-0.2, 0) is 16.0 Å². The molecule has 4 rings (SSSR count). The fourth-order valence-corrected chi connectivity index (χ4v) is 4.13. The third-order valence-corrected chi connectivity index (χ3v) is 6.33. The Labute approximate surface area is 228 Å². The van der Waals surface area contributed by atoms with Gasteiger partial charge in [-0.2, -0.15) is 0 Å². The minimum Gasteiger partial charge on any atom is -0.464 e. The monoisotopic (exact) mass is 526 g/mol. The number of nitrogens with zero attached hydrogens (tertiary/aromatic N) is 2. The lowest BCUT2D eigenvalue weighted by Crippen LogP contribution is -2.39. The summed E-state index contributed by atoms with van der Waals surface area (Å²) in [6, 6.07) is 24.5. The molecule has 0 radical (unpaired) electrons. The molecule has 0 saturated carbocycles. The Bertz CT molecular complexity index is 1350. The van der Waals surface area contributed by atoms with Crippen LogP contribution in [0.4, 0.5) is 5.69 Å². The second kappa shape index (κ2) is 13.4. The number of hydrogen-bond acceptors (Lipinski definition) is 7. The van der Waals surface area contributed by atoms with Crippen molar-refractivity contribution in [3.05, 3.63) is 90.0 Å². The van der Waals surface area contributed by atoms with Gasteiger partial charge in [-0.3, -0.25) is 4.79 Å². The van der Waals surface area contributed by atoms with Crippen molar-refractivity contribution in [2.24, 2.45) is 5.92 Å². The SMILES string of the molecule is CCOC(=O)[C@H](C)NC(=O)c1ccc(NCCC(C)Cc2ccc(-c3nnc(-c4ccccc4)o3)cc2)cc1. The van der Waals surface area contributed by atoms with E-state index in [4.69, 9.17) is 9.15 Å². The zero-order valence-electron chi connectivity index (χ0n) is 22.5. The number of amides is 1. The number of ether oxygens (including phenoxy) is 1. The fourth-order valence-electron chi connectivity index (χ4n) is 4.13. The van der Waals surface area contributed by atoms with Crippen LogP contribution in [-0.4, -0.2) is 41.3 Å². The first-order valence-electron chi connectivity index (χ1n) is 13.2. The van der Waals surface area contributed by atoms with Crippen molar-refractivity contribution in [2.45, 2.75) is 39.7 Å². The number of aromatic nitrogens is 2. The Balaban J connectivity index is 1.21. The average molecular weight is 527 g/mol. The highest BCUT2D eigenvalue weighted by Gasteiger charge is 2.17. The minimum atomic E-state index is -0.695. The number of esters is 1. The molecule has 0 aliphatic rings. The van der Waals surface area contributed by atoms with Gasteiger partial charge in [0.15, 0.2) is 0 Å². The van der Waals surface area contributed by atoms with Gasteiger partial charge in [0, 0.05) is 28.9 Å². The smallest absolute Gasteiger partial charge is 0.328 e. The van der Waals surface area contributed by atoms with Crippen LogP contribution in [0.3, 0.4) is 0 Å². The minimum absolute atomic E-state index is 0.280. The molecule has 39 heavy (non-hydrogen) atoms. The number of rotatable bonds is 12. The average Bonchev–Trinajstić information content (AvgIpc) is 3.45. The van der Waals surface area contributed by atoms with E-state index in [9.17, 15) is 9.59 Å². The van der Waals surface area contributed by atoms with Gasteiger partial charge in [-0.25, -0.2) is 4.79 Å². The third-order valence-electron chi connectivity index (χ3n) is 6.33. The second-order valence-corrected chi connectivity index (χ2v) is 9.52. The first kappa shape index (κ1) is 27.6. The fraction of sp³-hybridized carbons (Fsp3) is 0.290. The number of benzene rings is 3. The third kappa shape index (κ3) is 7.77. The van der Waals surface area contributed by atoms with Gasteiger partial charge >= 0.3 is 5.97 Å². The molecule has 0 bridgehead atoms. The Kier molecular flexibility index (Phi) is 9.45. The summed E-state index contributed by atoms with van der Waals surface area (Å²) >= 11 is 0. The Hall–Kier alpha value is -4.46. The number of carbonyl (C=O) groups excluding carboxylic acids is 2. The number of anilines is 1. The largest absolute Gasteiger partial charge is 0.464 e. The molecule has 202 valence electrons. The van der Waals surface area contributed by atoms with E-state index in [1.165, 1.54) is 5.56 Å². The summed E-state index contributed by atoms with van der Waals surface area (Å²) in [6.45, 7) is 6.67. The van der Waals surface area contributed by atoms with E-state index < -0.39 is 12.0 Å². The van der Waals surface area contributed by atoms with Gasteiger partial charge in [0.1, 0.15) is 6.04 Å². The molecular weight excluding hydrogens is 492 g/mol. The molecule has 0 aliphatic heterocycles. The highest BCUT2D eigenvalue weighted by molar-refractivity contribution is 5.96. The quantitative estimate of drug-likeness (QED) is 0.226. The normalized spacial score (nSPS) is 12.4. The van der Waals surface area contributed by atoms with Crippen LogP contribution >= 0.6 is 0 Å². The molecule has 1 amide bonds. The maximum absolute atomic E-state index is 12.4. The van der Waals surface area contributed by atoms with Gasteiger partial charge in [-0.1, -0.05) is 37.3 Å². The molecule has 2 atom stereocenters. The molecule has 0 saturated heterocycles. The first-order chi connectivity index (χ1) is 18.9. The van der Waals surface area contributed by atoms with Crippen LogP contribution in [0.1, 0.15) is 43.1 Å². The van der Waals surface area contributed by atoms with Gasteiger partial charge in [0.25, 0.3) is 5.91 Å². The van der Waals surface area contributed by atoms with Gasteiger partial charge in [0.05, 0.1) is 6.61 Å². The number of nitrogens with one attached hydrogen (secondary N) is 2. The van der Waals surface area contributed by atoms with E-state index in [0.717, 1.165) is 36.2 Å². The van der Waals surface area contributed by atoms with E-state index in [1.54, 1.807) is 26.0 Å². The van der Waals surface area contributed by atoms with Crippen LogP contribution in [0.25, 0.3) is 22.9 Å². The van der Waals surface area contributed by atoms with Crippen molar-refractivity contribution in [1.82, 2.24) is 15.5 Å². The molecule has 2 N–H and O–H groups in total. The van der Waals surface area contributed by atoms with Crippen LogP contribution in [0.2, 0.25) is 0 Å². The van der Waals surface area contributed by atoms with E-state index in [-0.39, 0.29) is 12.5 Å². The van der Waals surface area contributed by atoms with Crippen molar-refractivity contribution in [2.75, 3.05) is 18.5 Å². The lowest BCUT2D eigenvalue weighted by Gasteiger charge is -2.14. The highest BCUT2D eigenvalue weighted by atomic mass is 16.5. The van der Waals surface area contributed by atoms with E-state index in [0.29, 0.717) is 23.3 Å². The summed E-state index contributed by atoms with van der Waals surface area (Å²) in [5.41, 5.74) is 4.48. The summed E-state index contributed by atoms with van der Waals surface area (Å²) in [6.07, 6.45) is 1.95. The van der Waals surface area contributed by atoms with Crippen molar-refractivity contribution in [3.63, 3.8) is 0 Å². The molecule has 4 aromatic rings. The number of carbonyl (C=O) groups is 2. The summed E-state index contributed by atoms with van der Waals surface area (Å²) in [7, 11) is 0. The Morgan fingerprint density at radius 3 is 2.15 bits per heavy atom. The van der Waals surface area contributed by atoms with Crippen LogP contribution < -0.4 is 10.6 Å². The summed E-state index contributed by atoms with van der Waals surface area (Å²) in [4.78, 5) is 24.1. The number of hydrogen-bond donors (Lipinski definition) is 2. The summed E-state index contributed by atoms with van der Waals surface area (Å²) in [5, 5.41) is 14.4. The lowest BCUT2D eigenvalue weighted by atomic mass is 9.97. The molecule has 8 heteroatoms. The molecule has 8 nitrogen and oxygen atoms in total. The predicted molar refractivity (Wildman–Crippen MR) is 151 cm³/mol. The molecule has 1 aromatic heterocycles. The van der Waals surface area contributed by atoms with Crippen LogP contribution in [0, 0.1) is 5.92 Å². The standard InChI is InChI=1S/C31H34N4O4/c1-4-38-31(37)22(3)33-28(36)24-14-16-27(17-15-24)32-19-18-21(2)20-23-10-12-26(13-11-23)30-35-34-29(39-30)25-8-6-5-7-9-25/h5-17,21-22,32H,4,18-20H2,1-3H3,(H,33,36)/t21?,22-/m0/s1. The molecule has 3 aromatic carbocycles. The van der Waals surface area contributed by atoms with E-state index >= 15 is 0 Å². The molecule has 0 spiro atoms. The van der Waals surface area contributed by atoms with Gasteiger partial charge in [-0.15, -0.1) is 10.2 Å². The zero-order valence-corrected chi connectivity index (χ0v) is 22.5. The molecule has 1 heterocycles. The van der Waals surface area contributed by atoms with Crippen LogP contribution in [0.15, 0.2) is 83.3 Å². The van der Waals surface area contributed by atoms with E-state index in [1.807, 2.05) is 54.6 Å². The van der Waals surface area contributed by atoms with Crippen LogP contribution in [0.5, 0.6) is 0 Å². The van der Waals surface area contributed by atoms with Crippen molar-refractivity contribution < 1.29 is 18.7 Å². The molecule has 1 unspecified atom stereocenters. The predicted octanol–water partition coefficient (Wildman–Crippen LogP) is 5.77. The maximum atomic E-state index is 12.4. The highest BCUT2D eigenvalue weighted by Crippen LogP contribution is 2.24. The Morgan fingerprint density at radius 2 is 1.51 bits per heavy atom. The van der Waals surface area contributed by atoms with Crippen molar-refractivity contribution >= 4 is 17.6 Å². The molecule has 0 aliphatic carbocycles. The van der Waals surface area contributed by atoms with Crippen molar-refractivity contribution in [3.8, 4) is 22.9 Å². The second-order valence-electron chi connectivity index (χ2n) is 9.52. The Morgan fingerprint density at radius 1 is 0.872 bits per heavy atom. The van der Waals surface area contributed by atoms with E-state index in [2.05, 4.69) is 39.9 Å². The summed E-state index contributed by atoms with van der Waals surface area (Å²) < 4.78 is 10.8.